The molecule has 1 spiro atoms. The number of carbonyl (C=O) groups excluding carboxylic acids is 3. The van der Waals surface area contributed by atoms with Crippen LogP contribution in [0.4, 0.5) is 10.5 Å². The Bertz CT molecular complexity index is 1330. The maximum atomic E-state index is 11.6. The minimum absolute atomic E-state index is 0.126. The van der Waals surface area contributed by atoms with Crippen LogP contribution in [0.2, 0.25) is 0 Å². The number of aliphatic hydroxyl groups is 2. The van der Waals surface area contributed by atoms with Crippen LogP contribution in [0, 0.1) is 17.8 Å². The first-order valence-corrected chi connectivity index (χ1v) is 14.0. The van der Waals surface area contributed by atoms with Crippen molar-refractivity contribution in [1.82, 2.24) is 15.5 Å². The quantitative estimate of drug-likeness (QED) is 0.436. The topological polar surface area (TPSA) is 122 Å². The highest BCUT2D eigenvalue weighted by Gasteiger charge is 2.76. The van der Waals surface area contributed by atoms with Crippen LogP contribution in [0.3, 0.4) is 0 Å². The van der Waals surface area contributed by atoms with Gasteiger partial charge >= 0.3 is 6.03 Å². The van der Waals surface area contributed by atoms with E-state index in [0.717, 1.165) is 19.3 Å². The molecule has 2 aromatic carbocycles. The fraction of sp³-hybridized carbons (Fsp3) is 0.500. The summed E-state index contributed by atoms with van der Waals surface area (Å²) in [7, 11) is 2.19. The molecule has 9 nitrogen and oxygen atoms in total. The lowest BCUT2D eigenvalue weighted by Crippen LogP contribution is -2.72. The molecule has 204 valence electrons. The van der Waals surface area contributed by atoms with E-state index in [1.165, 1.54) is 11.3 Å². The number of nitrogens with one attached hydrogen (secondary N) is 2. The van der Waals surface area contributed by atoms with E-state index in [9.17, 15) is 24.6 Å². The van der Waals surface area contributed by atoms with Crippen molar-refractivity contribution in [3.05, 3.63) is 65.7 Å². The van der Waals surface area contributed by atoms with Gasteiger partial charge in [-0.2, -0.15) is 0 Å². The summed E-state index contributed by atoms with van der Waals surface area (Å²) in [5.74, 6) is -0.981. The monoisotopic (exact) mass is 530 g/mol. The van der Waals surface area contributed by atoms with E-state index in [1.54, 1.807) is 30.3 Å². The summed E-state index contributed by atoms with van der Waals surface area (Å²) < 4.78 is 0. The summed E-state index contributed by atoms with van der Waals surface area (Å²) in [4.78, 5) is 38.5. The number of hydrogen-bond acceptors (Lipinski definition) is 7. The summed E-state index contributed by atoms with van der Waals surface area (Å²) in [6.07, 6.45) is 2.56. The summed E-state index contributed by atoms with van der Waals surface area (Å²) in [5.41, 5.74) is 3.08. The second-order valence-electron chi connectivity index (χ2n) is 12.0. The van der Waals surface area contributed by atoms with E-state index in [-0.39, 0.29) is 17.7 Å². The van der Waals surface area contributed by atoms with E-state index in [1.807, 2.05) is 10.6 Å². The van der Waals surface area contributed by atoms with Gasteiger partial charge in [-0.25, -0.2) is 4.79 Å². The fourth-order valence-electron chi connectivity index (χ4n) is 9.35. The van der Waals surface area contributed by atoms with Gasteiger partial charge in [-0.15, -0.1) is 0 Å². The maximum absolute atomic E-state index is 11.6. The predicted molar refractivity (Wildman–Crippen MR) is 143 cm³/mol. The Labute approximate surface area is 227 Å². The van der Waals surface area contributed by atoms with Crippen LogP contribution in [-0.4, -0.2) is 70.5 Å². The van der Waals surface area contributed by atoms with Crippen molar-refractivity contribution in [2.75, 3.05) is 11.9 Å². The molecule has 5 bridgehead atoms. The molecule has 5 saturated heterocycles. The average molecular weight is 531 g/mol. The van der Waals surface area contributed by atoms with E-state index >= 15 is 0 Å². The molecule has 4 N–H and O–H groups in total. The van der Waals surface area contributed by atoms with Gasteiger partial charge in [0.25, 0.3) is 0 Å². The predicted octanol–water partition coefficient (Wildman–Crippen LogP) is 1.69. The zero-order valence-corrected chi connectivity index (χ0v) is 22.0. The van der Waals surface area contributed by atoms with Crippen molar-refractivity contribution < 1.29 is 24.6 Å². The zero-order chi connectivity index (χ0) is 27.2. The number of para-hydroxylation sites is 1. The molecule has 6 fully saturated rings. The third kappa shape index (κ3) is 3.15. The molecule has 1 aliphatic carbocycles. The molecule has 4 amide bonds. The summed E-state index contributed by atoms with van der Waals surface area (Å²) >= 11 is 0. The first-order valence-electron chi connectivity index (χ1n) is 14.0. The molecule has 2 aromatic rings. The number of rotatable bonds is 2. The normalized spacial score (nSPS) is 41.0. The highest BCUT2D eigenvalue weighted by atomic mass is 16.3. The number of anilines is 1. The molecule has 10 atom stereocenters. The molecule has 9 heteroatoms. The molecule has 0 radical (unpaired) electrons. The van der Waals surface area contributed by atoms with Gasteiger partial charge in [0.05, 0.1) is 12.1 Å². The number of nitrogens with zero attached hydrogens (tertiary/aromatic N) is 2. The molecule has 6 heterocycles. The standard InChI is InChI=1S/C20H26N2O2.C10H8N2O3/c1-3-10-11-8-14-17-20(12-6-4-5-7-13(12)21(17)2)9-15(16(11)18(20)23)22(14)19(10)24;13-8-7(6-4-2-1-3-5-6)9(14)12-10(15)11-8/h4-7,10-11,14-19,23-24H,3,8-9H2,1-2H3;1-5,7H,(H2,11,12,13,14,15)/t10-,11?,14-,15-,16?,17-,18?,19+,20?;/m0./s1. The van der Waals surface area contributed by atoms with E-state index in [2.05, 4.69) is 48.0 Å². The van der Waals surface area contributed by atoms with Crippen LogP contribution in [-0.2, 0) is 15.0 Å². The second-order valence-corrected chi connectivity index (χ2v) is 12.0. The van der Waals surface area contributed by atoms with Crippen LogP contribution in [0.15, 0.2) is 54.6 Å². The van der Waals surface area contributed by atoms with Crippen molar-refractivity contribution in [3.63, 3.8) is 0 Å². The van der Waals surface area contributed by atoms with Gasteiger partial charge in [0, 0.05) is 42.1 Å². The summed E-state index contributed by atoms with van der Waals surface area (Å²) in [6.45, 7) is 2.19. The smallest absolute Gasteiger partial charge is 0.328 e. The lowest BCUT2D eigenvalue weighted by atomic mass is 9.62. The van der Waals surface area contributed by atoms with Gasteiger partial charge in [0.15, 0.2) is 0 Å². The Hall–Kier alpha value is -3.27. The van der Waals surface area contributed by atoms with Crippen molar-refractivity contribution in [3.8, 4) is 0 Å². The molecule has 6 aliphatic heterocycles. The lowest BCUT2D eigenvalue weighted by Gasteiger charge is -2.62. The van der Waals surface area contributed by atoms with Gasteiger partial charge in [-0.05, 0) is 42.4 Å². The summed E-state index contributed by atoms with van der Waals surface area (Å²) in [5, 5.41) is 26.7. The summed E-state index contributed by atoms with van der Waals surface area (Å²) in [6, 6.07) is 17.5. The van der Waals surface area contributed by atoms with Crippen molar-refractivity contribution in [1.29, 1.82) is 0 Å². The molecule has 39 heavy (non-hydrogen) atoms. The highest BCUT2D eigenvalue weighted by molar-refractivity contribution is 6.19. The SMILES string of the molecule is CC[C@H]1C2C[C@H]3[C@@H]4N(C)c5ccccc5C45C[C@@H](C2C5O)N3[C@@H]1O.O=C1NC(=O)C(c2ccccc2)C(=O)N1. The van der Waals surface area contributed by atoms with Gasteiger partial charge < -0.3 is 15.1 Å². The first kappa shape index (κ1) is 24.7. The van der Waals surface area contributed by atoms with Crippen LogP contribution in [0.25, 0.3) is 0 Å². The van der Waals surface area contributed by atoms with Crippen molar-refractivity contribution >= 4 is 23.5 Å². The molecule has 5 unspecified atom stereocenters. The van der Waals surface area contributed by atoms with E-state index in [0.29, 0.717) is 41.4 Å². The molecule has 1 saturated carbocycles. The molecule has 0 aromatic heterocycles. The highest BCUT2D eigenvalue weighted by Crippen LogP contribution is 2.68. The van der Waals surface area contributed by atoms with Crippen molar-refractivity contribution in [2.45, 2.75) is 68.0 Å². The molecule has 7 aliphatic rings. The minimum Gasteiger partial charge on any atom is -0.392 e. The van der Waals surface area contributed by atoms with Crippen LogP contribution < -0.4 is 15.5 Å². The molecular formula is C30H34N4O5. The number of amides is 4. The lowest BCUT2D eigenvalue weighted by molar-refractivity contribution is -0.211. The van der Waals surface area contributed by atoms with Gasteiger partial charge in [-0.1, -0.05) is 55.5 Å². The van der Waals surface area contributed by atoms with E-state index < -0.39 is 23.8 Å². The Balaban J connectivity index is 0.000000146. The van der Waals surface area contributed by atoms with Crippen molar-refractivity contribution in [2.24, 2.45) is 17.8 Å². The fourth-order valence-corrected chi connectivity index (χ4v) is 9.35. The van der Waals surface area contributed by atoms with Crippen LogP contribution >= 0.6 is 0 Å². The third-order valence-electron chi connectivity index (χ3n) is 10.6. The van der Waals surface area contributed by atoms with Gasteiger partial charge in [0.2, 0.25) is 11.8 Å². The number of aliphatic hydroxyl groups excluding tert-OH is 2. The Kier molecular flexibility index (Phi) is 5.47. The van der Waals surface area contributed by atoms with E-state index in [4.69, 9.17) is 0 Å². The largest absolute Gasteiger partial charge is 0.392 e. The minimum atomic E-state index is -0.941. The Morgan fingerprint density at radius 2 is 1.62 bits per heavy atom. The molecule has 9 rings (SSSR count). The number of urea groups is 1. The van der Waals surface area contributed by atoms with Crippen LogP contribution in [0.5, 0.6) is 0 Å². The molecular weight excluding hydrogens is 496 g/mol. The number of barbiturate groups is 1. The number of imide groups is 2. The number of likely N-dealkylation sites (N-methyl/N-ethyl adjacent to an activating group) is 1. The number of benzene rings is 2. The number of hydrogen-bond donors (Lipinski definition) is 4. The zero-order valence-electron chi connectivity index (χ0n) is 22.0. The Morgan fingerprint density at radius 1 is 0.949 bits per heavy atom. The average Bonchev–Trinajstić information content (AvgIpc) is 3.31. The van der Waals surface area contributed by atoms with Crippen LogP contribution in [0.1, 0.15) is 43.2 Å². The van der Waals surface area contributed by atoms with Gasteiger partial charge in [0.1, 0.15) is 12.1 Å². The third-order valence-corrected chi connectivity index (χ3v) is 10.6. The first-order chi connectivity index (χ1) is 18.8. The Morgan fingerprint density at radius 3 is 2.31 bits per heavy atom. The second kappa shape index (κ2) is 8.61. The van der Waals surface area contributed by atoms with Gasteiger partial charge in [-0.3, -0.25) is 25.1 Å². The number of fused-ring (bicyclic) bond motifs is 2. The number of piperidine rings is 4. The number of carbonyl (C=O) groups is 3. The maximum Gasteiger partial charge on any atom is 0.328 e.